The second kappa shape index (κ2) is 6.90. The molecule has 1 aliphatic heterocycles. The van der Waals surface area contributed by atoms with Gasteiger partial charge >= 0.3 is 5.97 Å². The molecule has 5 nitrogen and oxygen atoms in total. The fraction of sp³-hybridized carbons (Fsp3) is 0.846. The molecule has 4 fully saturated rings. The second-order valence-electron chi connectivity index (χ2n) is 11.5. The quantitative estimate of drug-likeness (QED) is 0.457. The van der Waals surface area contributed by atoms with Gasteiger partial charge in [0.05, 0.1) is 13.2 Å². The van der Waals surface area contributed by atoms with E-state index in [4.69, 9.17) is 14.2 Å². The lowest BCUT2D eigenvalue weighted by Gasteiger charge is -2.60. The molecule has 1 heterocycles. The van der Waals surface area contributed by atoms with Gasteiger partial charge in [0.1, 0.15) is 0 Å². The highest BCUT2D eigenvalue weighted by atomic mass is 16.7. The molecule has 5 aliphatic rings. The number of carbonyl (C=O) groups is 2. The smallest absolute Gasteiger partial charge is 0.303 e. The molecular weight excluding hydrogens is 392 g/mol. The molecule has 0 aromatic heterocycles. The monoisotopic (exact) mass is 430 g/mol. The molecule has 31 heavy (non-hydrogen) atoms. The largest absolute Gasteiger partial charge is 0.451 e. The number of carbonyl (C=O) groups excluding carboxylic acids is 2. The van der Waals surface area contributed by atoms with Gasteiger partial charge in [0.25, 0.3) is 0 Å². The SMILES string of the molecule is CC(=O)O[C@@]1(C(C)=O)CC[C@H]2[C@@H]3CC(C)=C4CC5(CC[C@]4(C)[C@H]3CC[C@@]21C)OCCO5. The molecule has 0 radical (unpaired) electrons. The van der Waals surface area contributed by atoms with E-state index in [9.17, 15) is 9.59 Å². The third-order valence-electron chi connectivity index (χ3n) is 10.3. The highest BCUT2D eigenvalue weighted by molar-refractivity contribution is 5.89. The van der Waals surface area contributed by atoms with E-state index in [0.717, 1.165) is 44.9 Å². The average molecular weight is 431 g/mol. The topological polar surface area (TPSA) is 61.8 Å². The van der Waals surface area contributed by atoms with Crippen molar-refractivity contribution in [2.24, 2.45) is 28.6 Å². The minimum absolute atomic E-state index is 0.0243. The highest BCUT2D eigenvalue weighted by Gasteiger charge is 2.68. The Morgan fingerprint density at radius 3 is 2.29 bits per heavy atom. The number of allylic oxidation sites excluding steroid dienone is 1. The van der Waals surface area contributed by atoms with Gasteiger partial charge < -0.3 is 14.2 Å². The van der Waals surface area contributed by atoms with Crippen LogP contribution in [-0.2, 0) is 23.8 Å². The Morgan fingerprint density at radius 1 is 0.968 bits per heavy atom. The molecule has 0 N–H and O–H groups in total. The number of ketones is 1. The molecule has 6 atom stereocenters. The van der Waals surface area contributed by atoms with E-state index in [1.807, 2.05) is 0 Å². The number of hydrogen-bond donors (Lipinski definition) is 0. The Morgan fingerprint density at radius 2 is 1.65 bits per heavy atom. The minimum atomic E-state index is -0.949. The van der Waals surface area contributed by atoms with E-state index in [2.05, 4.69) is 20.8 Å². The number of hydrogen-bond acceptors (Lipinski definition) is 5. The summed E-state index contributed by atoms with van der Waals surface area (Å²) in [7, 11) is 0. The molecule has 1 saturated heterocycles. The van der Waals surface area contributed by atoms with Crippen molar-refractivity contribution in [2.45, 2.75) is 97.4 Å². The summed E-state index contributed by atoms with van der Waals surface area (Å²) in [6, 6.07) is 0. The van der Waals surface area contributed by atoms with Gasteiger partial charge in [0, 0.05) is 25.2 Å². The van der Waals surface area contributed by atoms with Crippen LogP contribution in [0, 0.1) is 28.6 Å². The zero-order valence-electron chi connectivity index (χ0n) is 19.8. The summed E-state index contributed by atoms with van der Waals surface area (Å²) in [4.78, 5) is 24.9. The number of fused-ring (bicyclic) bond motifs is 5. The number of Topliss-reactive ketones (excluding diaryl/α,β-unsaturated/α-hetero) is 1. The molecule has 0 unspecified atom stereocenters. The first-order chi connectivity index (χ1) is 14.6. The first-order valence-electron chi connectivity index (χ1n) is 12.2. The summed E-state index contributed by atoms with van der Waals surface area (Å²) in [5, 5.41) is 0. The fourth-order valence-electron chi connectivity index (χ4n) is 8.85. The van der Waals surface area contributed by atoms with Crippen molar-refractivity contribution in [3.63, 3.8) is 0 Å². The van der Waals surface area contributed by atoms with Gasteiger partial charge in [-0.1, -0.05) is 25.0 Å². The van der Waals surface area contributed by atoms with Crippen LogP contribution in [0.4, 0.5) is 0 Å². The Kier molecular flexibility index (Phi) is 4.81. The molecule has 0 aromatic carbocycles. The fourth-order valence-corrected chi connectivity index (χ4v) is 8.85. The maximum Gasteiger partial charge on any atom is 0.303 e. The first kappa shape index (κ1) is 21.6. The molecule has 1 spiro atoms. The van der Waals surface area contributed by atoms with Crippen LogP contribution < -0.4 is 0 Å². The van der Waals surface area contributed by atoms with Gasteiger partial charge in [-0.05, 0) is 75.5 Å². The lowest BCUT2D eigenvalue weighted by Crippen LogP contribution is -2.59. The van der Waals surface area contributed by atoms with E-state index in [1.165, 1.54) is 12.5 Å². The molecule has 4 aliphatic carbocycles. The van der Waals surface area contributed by atoms with E-state index >= 15 is 0 Å². The van der Waals surface area contributed by atoms with Crippen LogP contribution in [0.5, 0.6) is 0 Å². The predicted octanol–water partition coefficient (Wildman–Crippen LogP) is 4.97. The Labute approximate surface area is 186 Å². The Bertz CT molecular complexity index is 839. The molecule has 0 amide bonds. The van der Waals surface area contributed by atoms with Gasteiger partial charge in [-0.2, -0.15) is 0 Å². The summed E-state index contributed by atoms with van der Waals surface area (Å²) < 4.78 is 18.1. The van der Waals surface area contributed by atoms with Crippen LogP contribution >= 0.6 is 0 Å². The van der Waals surface area contributed by atoms with Crippen molar-refractivity contribution < 1.29 is 23.8 Å². The average Bonchev–Trinajstić information content (AvgIpc) is 3.27. The maximum atomic E-state index is 12.9. The predicted molar refractivity (Wildman–Crippen MR) is 116 cm³/mol. The van der Waals surface area contributed by atoms with Crippen molar-refractivity contribution in [3.05, 3.63) is 11.1 Å². The summed E-state index contributed by atoms with van der Waals surface area (Å²) >= 11 is 0. The van der Waals surface area contributed by atoms with E-state index in [1.54, 1.807) is 12.5 Å². The number of ether oxygens (including phenoxy) is 3. The molecule has 5 rings (SSSR count). The van der Waals surface area contributed by atoms with Crippen molar-refractivity contribution in [1.29, 1.82) is 0 Å². The third kappa shape index (κ3) is 2.81. The van der Waals surface area contributed by atoms with E-state index < -0.39 is 11.4 Å². The van der Waals surface area contributed by atoms with Crippen LogP contribution in [0.1, 0.15) is 86.0 Å². The number of esters is 1. The van der Waals surface area contributed by atoms with Gasteiger partial charge in [-0.3, -0.25) is 9.59 Å². The molecule has 172 valence electrons. The summed E-state index contributed by atoms with van der Waals surface area (Å²) in [6.07, 6.45) is 7.75. The minimum Gasteiger partial charge on any atom is -0.451 e. The normalized spacial score (nSPS) is 45.8. The van der Waals surface area contributed by atoms with Gasteiger partial charge in [-0.25, -0.2) is 0 Å². The molecule has 0 bridgehead atoms. The van der Waals surface area contributed by atoms with Gasteiger partial charge in [0.15, 0.2) is 17.2 Å². The van der Waals surface area contributed by atoms with Gasteiger partial charge in [-0.15, -0.1) is 0 Å². The molecular formula is C26H38O5. The Balaban J connectivity index is 1.50. The zero-order valence-corrected chi connectivity index (χ0v) is 19.8. The van der Waals surface area contributed by atoms with Crippen molar-refractivity contribution in [1.82, 2.24) is 0 Å². The van der Waals surface area contributed by atoms with Crippen molar-refractivity contribution in [3.8, 4) is 0 Å². The molecule has 0 aromatic rings. The first-order valence-corrected chi connectivity index (χ1v) is 12.2. The second-order valence-corrected chi connectivity index (χ2v) is 11.5. The van der Waals surface area contributed by atoms with Crippen LogP contribution in [0.15, 0.2) is 11.1 Å². The van der Waals surface area contributed by atoms with Crippen molar-refractivity contribution >= 4 is 11.8 Å². The van der Waals surface area contributed by atoms with E-state index in [-0.39, 0.29) is 22.6 Å². The van der Waals surface area contributed by atoms with Crippen LogP contribution in [0.3, 0.4) is 0 Å². The highest BCUT2D eigenvalue weighted by Crippen LogP contribution is 2.69. The third-order valence-corrected chi connectivity index (χ3v) is 10.3. The van der Waals surface area contributed by atoms with Crippen LogP contribution in [0.25, 0.3) is 0 Å². The summed E-state index contributed by atoms with van der Waals surface area (Å²) in [5.41, 5.74) is 2.03. The molecule has 3 saturated carbocycles. The standard InChI is InChI=1S/C26H38O5/c1-16-14-19-20(23(4)10-11-25(15-22(16)23)29-12-13-30-25)6-8-24(5)21(19)7-9-26(24,17(2)27)31-18(3)28/h19-21H,6-15H2,1-5H3/t19-,20+,21+,23-,24+,26-/m1/s1. The van der Waals surface area contributed by atoms with Crippen LogP contribution in [0.2, 0.25) is 0 Å². The Hall–Kier alpha value is -1.20. The van der Waals surface area contributed by atoms with Gasteiger partial charge in [0.2, 0.25) is 0 Å². The van der Waals surface area contributed by atoms with E-state index in [0.29, 0.717) is 37.4 Å². The van der Waals surface area contributed by atoms with Crippen LogP contribution in [-0.4, -0.2) is 36.4 Å². The number of rotatable bonds is 2. The maximum absolute atomic E-state index is 12.9. The molecule has 5 heteroatoms. The zero-order chi connectivity index (χ0) is 22.2. The lowest BCUT2D eigenvalue weighted by molar-refractivity contribution is -0.195. The summed E-state index contributed by atoms with van der Waals surface area (Å²) in [5.74, 6) is 0.876. The lowest BCUT2D eigenvalue weighted by atomic mass is 9.45. The van der Waals surface area contributed by atoms with Crippen molar-refractivity contribution in [2.75, 3.05) is 13.2 Å². The summed E-state index contributed by atoms with van der Waals surface area (Å²) in [6.45, 7) is 11.5.